The normalized spacial score (nSPS) is 13.2. The Hall–Kier alpha value is -2.96. The Morgan fingerprint density at radius 3 is 2.54 bits per heavy atom. The number of fused-ring (bicyclic) bond motifs is 1. The predicted octanol–water partition coefficient (Wildman–Crippen LogP) is 2.56. The zero-order valence-electron chi connectivity index (χ0n) is 14.1. The Morgan fingerprint density at radius 2 is 1.73 bits per heavy atom. The van der Waals surface area contributed by atoms with Gasteiger partial charge in [-0.1, -0.05) is 54.6 Å². The Kier molecular flexibility index (Phi) is 5.78. The number of hydrogen-bond acceptors (Lipinski definition) is 5. The summed E-state index contributed by atoms with van der Waals surface area (Å²) in [5.41, 5.74) is 1.94. The lowest BCUT2D eigenvalue weighted by atomic mass is 10.1. The van der Waals surface area contributed by atoms with Gasteiger partial charge in [0.05, 0.1) is 11.2 Å². The van der Waals surface area contributed by atoms with Crippen LogP contribution in [0.2, 0.25) is 0 Å². The van der Waals surface area contributed by atoms with Crippen LogP contribution in [0.1, 0.15) is 17.4 Å². The second-order valence-corrected chi connectivity index (χ2v) is 5.88. The summed E-state index contributed by atoms with van der Waals surface area (Å²) in [6.45, 7) is -0.0130. The largest absolute Gasteiger partial charge is 0.445 e. The summed E-state index contributed by atoms with van der Waals surface area (Å²) in [6.07, 6.45) is -3.08. The highest BCUT2D eigenvalue weighted by atomic mass is 16.5. The molecule has 1 amide bonds. The maximum atomic E-state index is 11.7. The number of pyridine rings is 1. The van der Waals surface area contributed by atoms with Crippen LogP contribution in [0.4, 0.5) is 4.79 Å². The van der Waals surface area contributed by atoms with E-state index in [1.165, 1.54) is 0 Å². The summed E-state index contributed by atoms with van der Waals surface area (Å²) < 4.78 is 5.06. The number of alkyl carbamates (subject to hydrolysis) is 1. The molecule has 0 spiro atoms. The Balaban J connectivity index is 1.51. The van der Waals surface area contributed by atoms with Gasteiger partial charge in [0.25, 0.3) is 0 Å². The number of nitrogens with one attached hydrogen (secondary N) is 1. The lowest BCUT2D eigenvalue weighted by Gasteiger charge is -2.18. The monoisotopic (exact) mass is 352 g/mol. The Morgan fingerprint density at radius 1 is 1.00 bits per heavy atom. The van der Waals surface area contributed by atoms with Crippen molar-refractivity contribution in [3.05, 3.63) is 78.0 Å². The molecule has 0 bridgehead atoms. The van der Waals surface area contributed by atoms with Gasteiger partial charge in [0.2, 0.25) is 0 Å². The number of carbonyl (C=O) groups excluding carboxylic acids is 1. The molecule has 6 nitrogen and oxygen atoms in total. The number of rotatable bonds is 6. The number of aliphatic hydroxyl groups is 2. The average molecular weight is 352 g/mol. The molecule has 0 saturated heterocycles. The fraction of sp³-hybridized carbons (Fsp3) is 0.200. The van der Waals surface area contributed by atoms with Gasteiger partial charge in [-0.15, -0.1) is 0 Å². The van der Waals surface area contributed by atoms with Gasteiger partial charge in [-0.25, -0.2) is 9.78 Å². The van der Waals surface area contributed by atoms with E-state index in [9.17, 15) is 15.0 Å². The third-order valence-corrected chi connectivity index (χ3v) is 3.96. The first kappa shape index (κ1) is 17.8. The van der Waals surface area contributed by atoms with Crippen LogP contribution in [-0.4, -0.2) is 33.9 Å². The molecule has 0 radical (unpaired) electrons. The first-order valence-electron chi connectivity index (χ1n) is 8.30. The SMILES string of the molecule is O=C(NCC(O)C(O)c1ccc2ccccc2n1)OCc1ccccc1. The van der Waals surface area contributed by atoms with E-state index in [1.807, 2.05) is 60.7 Å². The Labute approximate surface area is 151 Å². The van der Waals surface area contributed by atoms with E-state index in [-0.39, 0.29) is 13.2 Å². The first-order chi connectivity index (χ1) is 12.6. The third kappa shape index (κ3) is 4.56. The zero-order chi connectivity index (χ0) is 18.4. The average Bonchev–Trinajstić information content (AvgIpc) is 2.70. The van der Waals surface area contributed by atoms with Crippen molar-refractivity contribution in [2.24, 2.45) is 0 Å². The predicted molar refractivity (Wildman–Crippen MR) is 97.3 cm³/mol. The summed E-state index contributed by atoms with van der Waals surface area (Å²) in [5.74, 6) is 0. The third-order valence-electron chi connectivity index (χ3n) is 3.96. The molecule has 1 heterocycles. The lowest BCUT2D eigenvalue weighted by Crippen LogP contribution is -2.36. The van der Waals surface area contributed by atoms with Crippen molar-refractivity contribution in [1.29, 1.82) is 0 Å². The van der Waals surface area contributed by atoms with Gasteiger partial charge in [-0.2, -0.15) is 0 Å². The van der Waals surface area contributed by atoms with Crippen LogP contribution in [0.3, 0.4) is 0 Å². The van der Waals surface area contributed by atoms with E-state index in [2.05, 4.69) is 10.3 Å². The van der Waals surface area contributed by atoms with Gasteiger partial charge in [0.1, 0.15) is 18.8 Å². The van der Waals surface area contributed by atoms with Crippen LogP contribution in [0, 0.1) is 0 Å². The van der Waals surface area contributed by atoms with Crippen LogP contribution in [0.25, 0.3) is 10.9 Å². The Bertz CT molecular complexity index is 870. The number of carbonyl (C=O) groups is 1. The molecule has 0 aliphatic heterocycles. The molecule has 3 aromatic rings. The van der Waals surface area contributed by atoms with E-state index in [0.717, 1.165) is 16.5 Å². The van der Waals surface area contributed by atoms with Crippen molar-refractivity contribution in [1.82, 2.24) is 10.3 Å². The number of aliphatic hydroxyl groups excluding tert-OH is 2. The second-order valence-electron chi connectivity index (χ2n) is 5.88. The summed E-state index contributed by atoms with van der Waals surface area (Å²) in [4.78, 5) is 16.1. The van der Waals surface area contributed by atoms with E-state index < -0.39 is 18.3 Å². The van der Waals surface area contributed by atoms with Crippen molar-refractivity contribution < 1.29 is 19.7 Å². The number of nitrogens with zero attached hydrogens (tertiary/aromatic N) is 1. The van der Waals surface area contributed by atoms with Crippen molar-refractivity contribution in [3.8, 4) is 0 Å². The smallest absolute Gasteiger partial charge is 0.407 e. The van der Waals surface area contributed by atoms with Gasteiger partial charge >= 0.3 is 6.09 Å². The molecular formula is C20H20N2O4. The molecule has 26 heavy (non-hydrogen) atoms. The molecule has 2 aromatic carbocycles. The van der Waals surface area contributed by atoms with Crippen LogP contribution in [-0.2, 0) is 11.3 Å². The highest BCUT2D eigenvalue weighted by Gasteiger charge is 2.21. The minimum atomic E-state index is -1.21. The highest BCUT2D eigenvalue weighted by Crippen LogP contribution is 2.19. The van der Waals surface area contributed by atoms with Gasteiger partial charge in [-0.3, -0.25) is 0 Å². The molecule has 1 aromatic heterocycles. The minimum Gasteiger partial charge on any atom is -0.445 e. The van der Waals surface area contributed by atoms with Crippen molar-refractivity contribution >= 4 is 17.0 Å². The van der Waals surface area contributed by atoms with E-state index in [0.29, 0.717) is 5.69 Å². The number of hydrogen-bond donors (Lipinski definition) is 3. The summed E-state index contributed by atoms with van der Waals surface area (Å²) in [7, 11) is 0. The van der Waals surface area contributed by atoms with Crippen molar-refractivity contribution in [2.45, 2.75) is 18.8 Å². The maximum Gasteiger partial charge on any atom is 0.407 e. The van der Waals surface area contributed by atoms with E-state index in [4.69, 9.17) is 4.74 Å². The van der Waals surface area contributed by atoms with Gasteiger partial charge in [-0.05, 0) is 17.7 Å². The zero-order valence-corrected chi connectivity index (χ0v) is 14.1. The lowest BCUT2D eigenvalue weighted by molar-refractivity contribution is 0.0161. The second kappa shape index (κ2) is 8.42. The molecule has 134 valence electrons. The van der Waals surface area contributed by atoms with Crippen LogP contribution >= 0.6 is 0 Å². The molecular weight excluding hydrogens is 332 g/mol. The van der Waals surface area contributed by atoms with E-state index in [1.54, 1.807) is 6.07 Å². The molecule has 0 aliphatic carbocycles. The summed E-state index contributed by atoms with van der Waals surface area (Å²) in [6, 6.07) is 20.3. The number of benzene rings is 2. The maximum absolute atomic E-state index is 11.7. The number of ether oxygens (including phenoxy) is 1. The minimum absolute atomic E-state index is 0.136. The standard InChI is InChI=1S/C20H20N2O4/c23-18(12-21-20(25)26-13-14-6-2-1-3-7-14)19(24)17-11-10-15-8-4-5-9-16(15)22-17/h1-11,18-19,23-24H,12-13H2,(H,21,25). The van der Waals surface area contributed by atoms with Crippen LogP contribution in [0.5, 0.6) is 0 Å². The quantitative estimate of drug-likeness (QED) is 0.634. The number of amides is 1. The first-order valence-corrected chi connectivity index (χ1v) is 8.30. The van der Waals surface area contributed by atoms with Crippen molar-refractivity contribution in [2.75, 3.05) is 6.54 Å². The van der Waals surface area contributed by atoms with Gasteiger partial charge in [0, 0.05) is 11.9 Å². The molecule has 3 N–H and O–H groups in total. The molecule has 6 heteroatoms. The van der Waals surface area contributed by atoms with E-state index >= 15 is 0 Å². The molecule has 2 unspecified atom stereocenters. The van der Waals surface area contributed by atoms with Crippen molar-refractivity contribution in [3.63, 3.8) is 0 Å². The highest BCUT2D eigenvalue weighted by molar-refractivity contribution is 5.78. The molecule has 3 rings (SSSR count). The molecule has 0 saturated carbocycles. The number of para-hydroxylation sites is 1. The van der Waals surface area contributed by atoms with Crippen LogP contribution < -0.4 is 5.32 Å². The topological polar surface area (TPSA) is 91.7 Å². The van der Waals surface area contributed by atoms with Gasteiger partial charge < -0.3 is 20.3 Å². The summed E-state index contributed by atoms with van der Waals surface area (Å²) >= 11 is 0. The summed E-state index contributed by atoms with van der Waals surface area (Å²) in [5, 5.41) is 23.8. The fourth-order valence-electron chi connectivity index (χ4n) is 2.52. The van der Waals surface area contributed by atoms with Crippen LogP contribution in [0.15, 0.2) is 66.7 Å². The van der Waals surface area contributed by atoms with Gasteiger partial charge in [0.15, 0.2) is 0 Å². The number of aromatic nitrogens is 1. The molecule has 0 aliphatic rings. The molecule has 2 atom stereocenters. The molecule has 0 fully saturated rings. The fourth-order valence-corrected chi connectivity index (χ4v) is 2.52.